The fourth-order valence-corrected chi connectivity index (χ4v) is 2.72. The van der Waals surface area contributed by atoms with Crippen LogP contribution in [-0.2, 0) is 0 Å². The second-order valence-electron chi connectivity index (χ2n) is 6.09. The van der Waals surface area contributed by atoms with Gasteiger partial charge in [0.2, 0.25) is 0 Å². The Hall–Kier alpha value is -2.62. The van der Waals surface area contributed by atoms with Crippen molar-refractivity contribution in [3.8, 4) is 0 Å². The van der Waals surface area contributed by atoms with Gasteiger partial charge in [-0.2, -0.15) is 0 Å². The lowest BCUT2D eigenvalue weighted by Gasteiger charge is -2.13. The Kier molecular flexibility index (Phi) is 4.15. The molecular formula is C19H20N2O2. The summed E-state index contributed by atoms with van der Waals surface area (Å²) in [5.41, 5.74) is 3.62. The minimum absolute atomic E-state index is 0.0223. The number of aromatic carboxylic acids is 1. The summed E-state index contributed by atoms with van der Waals surface area (Å²) in [5, 5.41) is 12.5. The van der Waals surface area contributed by atoms with Crippen LogP contribution >= 0.6 is 0 Å². The number of nitrogens with one attached hydrogen (secondary N) is 1. The lowest BCUT2D eigenvalue weighted by Crippen LogP contribution is -2.24. The molecule has 0 saturated carbocycles. The molecule has 0 bridgehead atoms. The standard InChI is InChI=1S/C19H20N2O2/c1-12(2)13-6-8-14(9-7-13)18-20-11-17(21-18)15-4-3-5-16(10-15)19(22)23/h3-10,12,17H,11H2,1-2H3,(H,20,21)(H,22,23). The topological polar surface area (TPSA) is 61.7 Å². The smallest absolute Gasteiger partial charge is 0.335 e. The molecule has 4 nitrogen and oxygen atoms in total. The monoisotopic (exact) mass is 308 g/mol. The Morgan fingerprint density at radius 1 is 1.22 bits per heavy atom. The largest absolute Gasteiger partial charge is 0.478 e. The summed E-state index contributed by atoms with van der Waals surface area (Å²) in [7, 11) is 0. The highest BCUT2D eigenvalue weighted by atomic mass is 16.4. The second kappa shape index (κ2) is 6.24. The number of carboxylic acid groups (broad SMARTS) is 1. The van der Waals surface area contributed by atoms with Crippen molar-refractivity contribution < 1.29 is 9.90 Å². The molecule has 118 valence electrons. The number of hydrogen-bond donors (Lipinski definition) is 2. The maximum atomic E-state index is 11.1. The molecule has 1 unspecified atom stereocenters. The minimum Gasteiger partial charge on any atom is -0.478 e. The summed E-state index contributed by atoms with van der Waals surface area (Å²) >= 11 is 0. The number of benzene rings is 2. The van der Waals surface area contributed by atoms with Gasteiger partial charge >= 0.3 is 5.97 Å². The van der Waals surface area contributed by atoms with Gasteiger partial charge in [0.25, 0.3) is 0 Å². The van der Waals surface area contributed by atoms with E-state index in [-0.39, 0.29) is 6.04 Å². The van der Waals surface area contributed by atoms with E-state index in [0.29, 0.717) is 18.0 Å². The molecule has 1 atom stereocenters. The van der Waals surface area contributed by atoms with Gasteiger partial charge < -0.3 is 10.4 Å². The van der Waals surface area contributed by atoms with Crippen molar-refractivity contribution in [1.29, 1.82) is 0 Å². The molecule has 2 N–H and O–H groups in total. The van der Waals surface area contributed by atoms with Gasteiger partial charge in [0.05, 0.1) is 18.2 Å². The zero-order valence-corrected chi connectivity index (χ0v) is 13.3. The number of carbonyl (C=O) groups is 1. The Morgan fingerprint density at radius 2 is 1.96 bits per heavy atom. The van der Waals surface area contributed by atoms with Crippen LogP contribution in [0.25, 0.3) is 0 Å². The molecule has 3 rings (SSSR count). The molecule has 1 aliphatic heterocycles. The van der Waals surface area contributed by atoms with Gasteiger partial charge in [0, 0.05) is 5.56 Å². The molecule has 0 saturated heterocycles. The minimum atomic E-state index is -0.907. The first-order valence-corrected chi connectivity index (χ1v) is 7.79. The molecule has 0 fully saturated rings. The lowest BCUT2D eigenvalue weighted by atomic mass is 10.0. The molecular weight excluding hydrogens is 288 g/mol. The Bertz CT molecular complexity index is 748. The molecule has 0 radical (unpaired) electrons. The molecule has 2 aromatic carbocycles. The number of nitrogens with zero attached hydrogens (tertiary/aromatic N) is 1. The Morgan fingerprint density at radius 3 is 2.61 bits per heavy atom. The van der Waals surface area contributed by atoms with Crippen molar-refractivity contribution >= 4 is 11.8 Å². The van der Waals surface area contributed by atoms with Crippen LogP contribution in [0, 0.1) is 0 Å². The summed E-state index contributed by atoms with van der Waals surface area (Å²) in [6.07, 6.45) is 0. The molecule has 0 spiro atoms. The first kappa shape index (κ1) is 15.3. The average molecular weight is 308 g/mol. The van der Waals surface area contributed by atoms with Gasteiger partial charge in [0.1, 0.15) is 5.84 Å². The summed E-state index contributed by atoms with van der Waals surface area (Å²) in [4.78, 5) is 15.7. The van der Waals surface area contributed by atoms with Crippen molar-refractivity contribution in [2.45, 2.75) is 25.8 Å². The van der Waals surface area contributed by atoms with Gasteiger partial charge in [0.15, 0.2) is 0 Å². The van der Waals surface area contributed by atoms with Crippen molar-refractivity contribution in [3.05, 3.63) is 70.8 Å². The molecule has 1 aliphatic rings. The van der Waals surface area contributed by atoms with Gasteiger partial charge in [-0.3, -0.25) is 4.99 Å². The van der Waals surface area contributed by atoms with Crippen molar-refractivity contribution in [3.63, 3.8) is 0 Å². The summed E-state index contributed by atoms with van der Waals surface area (Å²) in [5.74, 6) is 0.468. The maximum absolute atomic E-state index is 11.1. The molecule has 23 heavy (non-hydrogen) atoms. The second-order valence-corrected chi connectivity index (χ2v) is 6.09. The third-order valence-electron chi connectivity index (χ3n) is 4.13. The zero-order chi connectivity index (χ0) is 16.4. The zero-order valence-electron chi connectivity index (χ0n) is 13.3. The van der Waals surface area contributed by atoms with Crippen LogP contribution in [0.2, 0.25) is 0 Å². The molecule has 0 amide bonds. The molecule has 0 aliphatic carbocycles. The van der Waals surface area contributed by atoms with Crippen LogP contribution in [0.15, 0.2) is 53.5 Å². The van der Waals surface area contributed by atoms with Gasteiger partial charge in [-0.25, -0.2) is 4.79 Å². The maximum Gasteiger partial charge on any atom is 0.335 e. The van der Waals surface area contributed by atoms with E-state index in [1.807, 2.05) is 6.07 Å². The highest BCUT2D eigenvalue weighted by Crippen LogP contribution is 2.22. The van der Waals surface area contributed by atoms with Crippen LogP contribution in [0.1, 0.15) is 52.9 Å². The van der Waals surface area contributed by atoms with E-state index in [1.165, 1.54) is 5.56 Å². The first-order valence-electron chi connectivity index (χ1n) is 7.79. The lowest BCUT2D eigenvalue weighted by molar-refractivity contribution is 0.0696. The third-order valence-corrected chi connectivity index (χ3v) is 4.13. The molecule has 4 heteroatoms. The number of amidine groups is 1. The summed E-state index contributed by atoms with van der Waals surface area (Å²) in [6, 6.07) is 15.5. The average Bonchev–Trinajstić information content (AvgIpc) is 3.05. The van der Waals surface area contributed by atoms with Crippen molar-refractivity contribution in [1.82, 2.24) is 5.32 Å². The van der Waals surface area contributed by atoms with E-state index in [0.717, 1.165) is 17.0 Å². The Balaban J connectivity index is 1.75. The van der Waals surface area contributed by atoms with Gasteiger partial charge in [-0.1, -0.05) is 50.2 Å². The third kappa shape index (κ3) is 3.26. The number of rotatable bonds is 4. The predicted molar refractivity (Wildman–Crippen MR) is 91.2 cm³/mol. The van der Waals surface area contributed by atoms with Gasteiger partial charge in [-0.15, -0.1) is 0 Å². The fourth-order valence-electron chi connectivity index (χ4n) is 2.72. The Labute approximate surface area is 135 Å². The molecule has 0 aromatic heterocycles. The van der Waals surface area contributed by atoms with E-state index in [2.05, 4.69) is 48.4 Å². The summed E-state index contributed by atoms with van der Waals surface area (Å²) < 4.78 is 0. The van der Waals surface area contributed by atoms with E-state index in [4.69, 9.17) is 5.11 Å². The van der Waals surface area contributed by atoms with Gasteiger partial charge in [-0.05, 0) is 29.2 Å². The highest BCUT2D eigenvalue weighted by molar-refractivity contribution is 6.00. The number of aliphatic imine (C=N–C) groups is 1. The highest BCUT2D eigenvalue weighted by Gasteiger charge is 2.21. The van der Waals surface area contributed by atoms with E-state index < -0.39 is 5.97 Å². The molecule has 2 aromatic rings. The predicted octanol–water partition coefficient (Wildman–Crippen LogP) is 3.60. The van der Waals surface area contributed by atoms with Crippen LogP contribution in [0.3, 0.4) is 0 Å². The number of hydrogen-bond acceptors (Lipinski definition) is 3. The van der Waals surface area contributed by atoms with Crippen LogP contribution < -0.4 is 5.32 Å². The summed E-state index contributed by atoms with van der Waals surface area (Å²) in [6.45, 7) is 4.96. The first-order chi connectivity index (χ1) is 11.0. The van der Waals surface area contributed by atoms with Crippen molar-refractivity contribution in [2.24, 2.45) is 4.99 Å². The SMILES string of the molecule is CC(C)c1ccc(C2=NCC(c3cccc(C(=O)O)c3)N2)cc1. The van der Waals surface area contributed by atoms with Crippen molar-refractivity contribution in [2.75, 3.05) is 6.54 Å². The number of carboxylic acids is 1. The van der Waals surface area contributed by atoms with Crippen LogP contribution in [0.5, 0.6) is 0 Å². The van der Waals surface area contributed by atoms with E-state index >= 15 is 0 Å². The van der Waals surface area contributed by atoms with Crippen LogP contribution in [-0.4, -0.2) is 23.5 Å². The van der Waals surface area contributed by atoms with Crippen LogP contribution in [0.4, 0.5) is 0 Å². The van der Waals surface area contributed by atoms with E-state index in [9.17, 15) is 4.79 Å². The molecule has 1 heterocycles. The quantitative estimate of drug-likeness (QED) is 0.907. The normalized spacial score (nSPS) is 17.0. The van der Waals surface area contributed by atoms with E-state index in [1.54, 1.807) is 18.2 Å². The fraction of sp³-hybridized carbons (Fsp3) is 0.263.